The maximum atomic E-state index is 6.81. The van der Waals surface area contributed by atoms with Crippen LogP contribution in [0.4, 0.5) is 0 Å². The molecule has 0 saturated carbocycles. The van der Waals surface area contributed by atoms with E-state index >= 15 is 0 Å². The summed E-state index contributed by atoms with van der Waals surface area (Å²) in [6, 6.07) is 1.41. The third-order valence-electron chi connectivity index (χ3n) is 3.93. The van der Waals surface area contributed by atoms with Gasteiger partial charge in [0.05, 0.1) is 0 Å². The lowest BCUT2D eigenvalue weighted by atomic mass is 10.9. The normalized spacial score (nSPS) is 16.9. The Morgan fingerprint density at radius 3 is 1.39 bits per heavy atom. The summed E-state index contributed by atoms with van der Waals surface area (Å²) in [7, 11) is -13.1. The van der Waals surface area contributed by atoms with E-state index in [2.05, 4.69) is 65.5 Å². The average molecular weight is 547 g/mol. The lowest BCUT2D eigenvalue weighted by molar-refractivity contribution is 0.0719. The van der Waals surface area contributed by atoms with Crippen LogP contribution in [0.5, 0.6) is 0 Å². The quantitative estimate of drug-likeness (QED) is 0.226. The Morgan fingerprint density at radius 2 is 1.03 bits per heavy atom. The van der Waals surface area contributed by atoms with E-state index in [1.54, 1.807) is 0 Å². The van der Waals surface area contributed by atoms with Gasteiger partial charge in [-0.25, -0.2) is 0 Å². The molecular formula is C18H50O7Si6. The van der Waals surface area contributed by atoms with Crippen LogP contribution in [0.15, 0.2) is 0 Å². The zero-order valence-corrected chi connectivity index (χ0v) is 28.6. The molecule has 0 aromatic heterocycles. The van der Waals surface area contributed by atoms with Crippen molar-refractivity contribution >= 4 is 51.8 Å². The molecule has 0 radical (unpaired) electrons. The summed E-state index contributed by atoms with van der Waals surface area (Å²) in [6.45, 7) is 29.4. The van der Waals surface area contributed by atoms with Gasteiger partial charge in [0.2, 0.25) is 0 Å². The van der Waals surface area contributed by atoms with Crippen molar-refractivity contribution in [3.05, 3.63) is 0 Å². The fourth-order valence-corrected chi connectivity index (χ4v) is 28.2. The lowest BCUT2D eigenvalue weighted by Gasteiger charge is -2.41. The molecule has 0 saturated heterocycles. The van der Waals surface area contributed by atoms with E-state index in [-0.39, 0.29) is 0 Å². The first-order valence-corrected chi connectivity index (χ1v) is 27.8. The van der Waals surface area contributed by atoms with E-state index in [4.69, 9.17) is 29.7 Å². The molecule has 7 nitrogen and oxygen atoms in total. The summed E-state index contributed by atoms with van der Waals surface area (Å²) in [5, 5.41) is 0. The van der Waals surface area contributed by atoms with Crippen molar-refractivity contribution < 1.29 is 29.7 Å². The van der Waals surface area contributed by atoms with E-state index < -0.39 is 51.8 Å². The highest BCUT2D eigenvalue weighted by molar-refractivity contribution is 6.88. The Morgan fingerprint density at radius 1 is 0.581 bits per heavy atom. The molecule has 0 aromatic rings. The zero-order valence-electron chi connectivity index (χ0n) is 22.5. The standard InChI is InChI=1S/C18H50O7Si6/c1-14-19-31(20-15-2,21-16-3)18-17-30(13,23-26(4)22-27(5,6)7)25-29(11,12)24-28(8,9)10/h26H,14-18H2,1-13H3. The van der Waals surface area contributed by atoms with Gasteiger partial charge >= 0.3 is 25.9 Å². The van der Waals surface area contributed by atoms with Crippen molar-refractivity contribution in [3.8, 4) is 0 Å². The van der Waals surface area contributed by atoms with Crippen LogP contribution < -0.4 is 0 Å². The van der Waals surface area contributed by atoms with Gasteiger partial charge in [0.25, 0.3) is 9.28 Å². The minimum atomic E-state index is -2.78. The first-order chi connectivity index (χ1) is 13.9. The SMILES string of the molecule is CCO[Si](CC[Si](C)(O[SiH](C)O[Si](C)(C)C)O[Si](C)(C)O[Si](C)(C)C)(OCC)OCC. The number of hydrogen-bond acceptors (Lipinski definition) is 7. The third-order valence-corrected chi connectivity index (χ3v) is 24.2. The van der Waals surface area contributed by atoms with Crippen molar-refractivity contribution in [2.75, 3.05) is 19.8 Å². The minimum absolute atomic E-state index is 0.565. The highest BCUT2D eigenvalue weighted by Crippen LogP contribution is 2.30. The van der Waals surface area contributed by atoms with E-state index in [1.165, 1.54) is 0 Å². The average Bonchev–Trinajstić information content (AvgIpc) is 2.48. The molecule has 0 rings (SSSR count). The number of hydrogen-bond donors (Lipinski definition) is 0. The second kappa shape index (κ2) is 13.2. The summed E-state index contributed by atoms with van der Waals surface area (Å²) in [6.07, 6.45) is 0. The van der Waals surface area contributed by atoms with Crippen LogP contribution >= 0.6 is 0 Å². The first-order valence-electron chi connectivity index (χ1n) is 11.6. The first kappa shape index (κ1) is 32.0. The molecule has 0 heterocycles. The van der Waals surface area contributed by atoms with Crippen molar-refractivity contribution in [3.63, 3.8) is 0 Å². The van der Waals surface area contributed by atoms with Gasteiger partial charge in [-0.2, -0.15) is 0 Å². The highest BCUT2D eigenvalue weighted by Gasteiger charge is 2.48. The molecular weight excluding hydrogens is 497 g/mol. The largest absolute Gasteiger partial charge is 0.500 e. The maximum absolute atomic E-state index is 6.81. The van der Waals surface area contributed by atoms with Gasteiger partial charge in [0.1, 0.15) is 0 Å². The van der Waals surface area contributed by atoms with Crippen LogP contribution in [0.2, 0.25) is 77.6 Å². The van der Waals surface area contributed by atoms with E-state index in [0.29, 0.717) is 25.9 Å². The smallest absolute Gasteiger partial charge is 0.439 e. The fraction of sp³-hybridized carbons (Fsp3) is 1.00. The zero-order chi connectivity index (χ0) is 24.6. The number of rotatable bonds is 17. The van der Waals surface area contributed by atoms with Crippen molar-refractivity contribution in [2.24, 2.45) is 0 Å². The second-order valence-electron chi connectivity index (χ2n) is 10.2. The van der Waals surface area contributed by atoms with Crippen molar-refractivity contribution in [2.45, 2.75) is 98.3 Å². The molecule has 0 aromatic carbocycles. The topological polar surface area (TPSA) is 64.6 Å². The molecule has 0 amide bonds. The van der Waals surface area contributed by atoms with Crippen LogP contribution in [0.3, 0.4) is 0 Å². The lowest BCUT2D eigenvalue weighted by Crippen LogP contribution is -2.57. The fourth-order valence-electron chi connectivity index (χ4n) is 3.67. The van der Waals surface area contributed by atoms with Gasteiger partial charge < -0.3 is 29.7 Å². The van der Waals surface area contributed by atoms with Crippen LogP contribution in [0.25, 0.3) is 0 Å². The molecule has 0 fully saturated rings. The van der Waals surface area contributed by atoms with Crippen LogP contribution in [0.1, 0.15) is 20.8 Å². The Kier molecular flexibility index (Phi) is 13.6. The molecule has 0 spiro atoms. The van der Waals surface area contributed by atoms with Crippen LogP contribution in [0, 0.1) is 0 Å². The van der Waals surface area contributed by atoms with Gasteiger partial charge in [0.15, 0.2) is 16.6 Å². The Labute approximate surface area is 199 Å². The Balaban J connectivity index is 5.72. The molecule has 2 unspecified atom stereocenters. The molecule has 2 atom stereocenters. The summed E-state index contributed by atoms with van der Waals surface area (Å²) in [5.41, 5.74) is 0. The molecule has 31 heavy (non-hydrogen) atoms. The van der Waals surface area contributed by atoms with E-state index in [9.17, 15) is 0 Å². The predicted molar refractivity (Wildman–Crippen MR) is 143 cm³/mol. The van der Waals surface area contributed by atoms with Gasteiger partial charge in [-0.1, -0.05) is 0 Å². The molecule has 0 N–H and O–H groups in total. The van der Waals surface area contributed by atoms with E-state index in [0.717, 1.165) is 6.04 Å². The Bertz CT molecular complexity index is 496. The summed E-state index contributed by atoms with van der Waals surface area (Å²) in [5.74, 6) is 0. The Hall–Kier alpha value is 1.02. The van der Waals surface area contributed by atoms with Crippen molar-refractivity contribution in [1.82, 2.24) is 0 Å². The summed E-state index contributed by atoms with van der Waals surface area (Å²) in [4.78, 5) is 0. The van der Waals surface area contributed by atoms with Gasteiger partial charge in [0, 0.05) is 25.9 Å². The van der Waals surface area contributed by atoms with Crippen molar-refractivity contribution in [1.29, 1.82) is 0 Å². The minimum Gasteiger partial charge on any atom is -0.439 e. The van der Waals surface area contributed by atoms with Gasteiger partial charge in [-0.15, -0.1) is 0 Å². The highest BCUT2D eigenvalue weighted by atomic mass is 28.5. The molecule has 13 heteroatoms. The third kappa shape index (κ3) is 14.8. The second-order valence-corrected chi connectivity index (χ2v) is 31.7. The maximum Gasteiger partial charge on any atom is 0.500 e. The molecule has 0 bridgehead atoms. The molecule has 188 valence electrons. The summed E-state index contributed by atoms with van der Waals surface area (Å²) < 4.78 is 44.6. The molecule has 0 aliphatic rings. The molecule has 0 aliphatic heterocycles. The van der Waals surface area contributed by atoms with Gasteiger partial charge in [-0.05, 0) is 92.3 Å². The van der Waals surface area contributed by atoms with Crippen LogP contribution in [-0.4, -0.2) is 71.7 Å². The monoisotopic (exact) mass is 546 g/mol. The van der Waals surface area contributed by atoms with Gasteiger partial charge in [-0.3, -0.25) is 0 Å². The summed E-state index contributed by atoms with van der Waals surface area (Å²) >= 11 is 0. The van der Waals surface area contributed by atoms with Crippen LogP contribution in [-0.2, 0) is 29.7 Å². The van der Waals surface area contributed by atoms with E-state index in [1.807, 2.05) is 20.8 Å². The molecule has 0 aliphatic carbocycles. The predicted octanol–water partition coefficient (Wildman–Crippen LogP) is 5.40.